The number of nitrogens with two attached hydrogens (primary N) is 1. The molecular formula is C8H16N2O. The number of nitrogens with zero attached hydrogens (tertiary/aromatic N) is 1. The van der Waals surface area contributed by atoms with Crippen molar-refractivity contribution in [1.29, 1.82) is 0 Å². The zero-order valence-electron chi connectivity index (χ0n) is 7.21. The zero-order chi connectivity index (χ0) is 8.85. The number of amides is 1. The molecule has 0 saturated carbocycles. The molecule has 2 N–H and O–H groups in total. The van der Waals surface area contributed by atoms with E-state index in [1.165, 1.54) is 0 Å². The molecule has 0 aromatic rings. The fourth-order valence-electron chi connectivity index (χ4n) is 0.761. The van der Waals surface area contributed by atoms with Gasteiger partial charge in [-0.1, -0.05) is 13.0 Å². The largest absolute Gasteiger partial charge is 0.342 e. The molecule has 0 aromatic heterocycles. The van der Waals surface area contributed by atoms with Crippen LogP contribution < -0.4 is 5.73 Å². The third-order valence-corrected chi connectivity index (χ3v) is 1.55. The van der Waals surface area contributed by atoms with Crippen molar-refractivity contribution in [3.8, 4) is 0 Å². The molecule has 11 heavy (non-hydrogen) atoms. The van der Waals surface area contributed by atoms with Crippen molar-refractivity contribution in [2.75, 3.05) is 20.1 Å². The second-order valence-corrected chi connectivity index (χ2v) is 2.64. The van der Waals surface area contributed by atoms with Gasteiger partial charge in [-0.05, 0) is 0 Å². The van der Waals surface area contributed by atoms with Gasteiger partial charge in [-0.3, -0.25) is 4.79 Å². The quantitative estimate of drug-likeness (QED) is 0.592. The van der Waals surface area contributed by atoms with Crippen LogP contribution in [0.15, 0.2) is 12.7 Å². The minimum absolute atomic E-state index is 0.0763. The Labute approximate surface area is 67.9 Å². The van der Waals surface area contributed by atoms with Gasteiger partial charge in [-0.25, -0.2) is 0 Å². The van der Waals surface area contributed by atoms with Gasteiger partial charge in [0, 0.05) is 26.1 Å². The topological polar surface area (TPSA) is 46.3 Å². The van der Waals surface area contributed by atoms with Crippen molar-refractivity contribution in [1.82, 2.24) is 4.90 Å². The second-order valence-electron chi connectivity index (χ2n) is 2.64. The highest BCUT2D eigenvalue weighted by Gasteiger charge is 2.13. The van der Waals surface area contributed by atoms with Crippen LogP contribution in [-0.2, 0) is 4.79 Å². The maximum Gasteiger partial charge on any atom is 0.226 e. The van der Waals surface area contributed by atoms with Crippen LogP contribution in [0.5, 0.6) is 0 Å². The van der Waals surface area contributed by atoms with Crippen LogP contribution >= 0.6 is 0 Å². The fraction of sp³-hybridized carbons (Fsp3) is 0.625. The number of carbonyl (C=O) groups is 1. The minimum atomic E-state index is -0.0834. The maximum absolute atomic E-state index is 11.3. The van der Waals surface area contributed by atoms with Crippen LogP contribution in [0.3, 0.4) is 0 Å². The summed E-state index contributed by atoms with van der Waals surface area (Å²) in [6.45, 7) is 6.35. The predicted octanol–water partition coefficient (Wildman–Crippen LogP) is 0.226. The Morgan fingerprint density at radius 2 is 2.36 bits per heavy atom. The first-order valence-electron chi connectivity index (χ1n) is 3.69. The second kappa shape index (κ2) is 4.91. The molecule has 3 heteroatoms. The third-order valence-electron chi connectivity index (χ3n) is 1.55. The molecule has 0 fully saturated rings. The average molecular weight is 156 g/mol. The molecule has 0 aliphatic carbocycles. The van der Waals surface area contributed by atoms with E-state index >= 15 is 0 Å². The monoisotopic (exact) mass is 156 g/mol. The molecule has 0 radical (unpaired) electrons. The van der Waals surface area contributed by atoms with Gasteiger partial charge in [0.2, 0.25) is 5.91 Å². The molecule has 0 heterocycles. The van der Waals surface area contributed by atoms with Crippen LogP contribution in [0.4, 0.5) is 0 Å². The Morgan fingerprint density at radius 1 is 1.82 bits per heavy atom. The molecular weight excluding hydrogens is 140 g/mol. The molecule has 0 rings (SSSR count). The highest BCUT2D eigenvalue weighted by atomic mass is 16.2. The highest BCUT2D eigenvalue weighted by Crippen LogP contribution is 1.97. The fourth-order valence-corrected chi connectivity index (χ4v) is 0.761. The van der Waals surface area contributed by atoms with E-state index in [0.717, 1.165) is 0 Å². The van der Waals surface area contributed by atoms with Gasteiger partial charge in [-0.2, -0.15) is 0 Å². The normalized spacial score (nSPS) is 12.3. The van der Waals surface area contributed by atoms with Crippen molar-refractivity contribution >= 4 is 5.91 Å². The first kappa shape index (κ1) is 10.2. The Morgan fingerprint density at radius 3 is 2.73 bits per heavy atom. The van der Waals surface area contributed by atoms with E-state index in [-0.39, 0.29) is 11.8 Å². The number of likely N-dealkylation sites (N-methyl/N-ethyl adjacent to an activating group) is 1. The highest BCUT2D eigenvalue weighted by molar-refractivity contribution is 5.78. The Kier molecular flexibility index (Phi) is 4.54. The van der Waals surface area contributed by atoms with Gasteiger partial charge < -0.3 is 10.6 Å². The van der Waals surface area contributed by atoms with E-state index in [1.54, 1.807) is 18.0 Å². The van der Waals surface area contributed by atoms with Gasteiger partial charge in [0.25, 0.3) is 0 Å². The molecule has 1 amide bonds. The predicted molar refractivity (Wildman–Crippen MR) is 46.1 cm³/mol. The Bertz CT molecular complexity index is 145. The molecule has 0 aliphatic rings. The van der Waals surface area contributed by atoms with Crippen LogP contribution in [0.2, 0.25) is 0 Å². The van der Waals surface area contributed by atoms with Crippen molar-refractivity contribution in [2.45, 2.75) is 6.92 Å². The average Bonchev–Trinajstić information content (AvgIpc) is 2.02. The van der Waals surface area contributed by atoms with Crippen molar-refractivity contribution < 1.29 is 4.79 Å². The molecule has 64 valence electrons. The minimum Gasteiger partial charge on any atom is -0.342 e. The number of rotatable bonds is 4. The molecule has 1 unspecified atom stereocenters. The Balaban J connectivity index is 3.90. The first-order valence-corrected chi connectivity index (χ1v) is 3.69. The molecule has 0 saturated heterocycles. The number of carbonyl (C=O) groups excluding carboxylic acids is 1. The third kappa shape index (κ3) is 3.18. The van der Waals surface area contributed by atoms with Crippen molar-refractivity contribution in [3.05, 3.63) is 12.7 Å². The van der Waals surface area contributed by atoms with Gasteiger partial charge in [-0.15, -0.1) is 6.58 Å². The van der Waals surface area contributed by atoms with Gasteiger partial charge in [0.05, 0.1) is 0 Å². The van der Waals surface area contributed by atoms with Gasteiger partial charge in [0.15, 0.2) is 0 Å². The molecule has 0 aromatic carbocycles. The standard InChI is InChI=1S/C8H16N2O/c1-4-5-10(3)8(11)7(2)6-9/h4,7H,1,5-6,9H2,2-3H3. The van der Waals surface area contributed by atoms with E-state index in [0.29, 0.717) is 13.1 Å². The summed E-state index contributed by atoms with van der Waals surface area (Å²) in [5, 5.41) is 0. The van der Waals surface area contributed by atoms with Crippen molar-refractivity contribution in [2.24, 2.45) is 11.7 Å². The summed E-state index contributed by atoms with van der Waals surface area (Å²) in [5.74, 6) is -0.00708. The summed E-state index contributed by atoms with van der Waals surface area (Å²) < 4.78 is 0. The van der Waals surface area contributed by atoms with E-state index in [1.807, 2.05) is 6.92 Å². The smallest absolute Gasteiger partial charge is 0.226 e. The molecule has 0 bridgehead atoms. The summed E-state index contributed by atoms with van der Waals surface area (Å²) in [6, 6.07) is 0. The lowest BCUT2D eigenvalue weighted by Crippen LogP contribution is -2.35. The summed E-state index contributed by atoms with van der Waals surface area (Å²) in [5.41, 5.74) is 5.33. The van der Waals surface area contributed by atoms with Crippen LogP contribution in [0.25, 0.3) is 0 Å². The lowest BCUT2D eigenvalue weighted by Gasteiger charge is -2.18. The van der Waals surface area contributed by atoms with E-state index in [9.17, 15) is 4.79 Å². The summed E-state index contributed by atoms with van der Waals surface area (Å²) >= 11 is 0. The lowest BCUT2D eigenvalue weighted by molar-refractivity contribution is -0.132. The summed E-state index contributed by atoms with van der Waals surface area (Å²) in [6.07, 6.45) is 1.70. The number of hydrogen-bond acceptors (Lipinski definition) is 2. The summed E-state index contributed by atoms with van der Waals surface area (Å²) in [7, 11) is 1.75. The van der Waals surface area contributed by atoms with Gasteiger partial charge in [0.1, 0.15) is 0 Å². The van der Waals surface area contributed by atoms with Crippen molar-refractivity contribution in [3.63, 3.8) is 0 Å². The Hall–Kier alpha value is -0.830. The lowest BCUT2D eigenvalue weighted by atomic mass is 10.1. The maximum atomic E-state index is 11.3. The first-order chi connectivity index (χ1) is 5.13. The van der Waals surface area contributed by atoms with Crippen LogP contribution in [0, 0.1) is 5.92 Å². The van der Waals surface area contributed by atoms with E-state index in [2.05, 4.69) is 6.58 Å². The van der Waals surface area contributed by atoms with E-state index in [4.69, 9.17) is 5.73 Å². The summed E-state index contributed by atoms with van der Waals surface area (Å²) in [4.78, 5) is 12.9. The number of hydrogen-bond donors (Lipinski definition) is 1. The molecule has 0 aliphatic heterocycles. The van der Waals surface area contributed by atoms with Crippen LogP contribution in [-0.4, -0.2) is 30.9 Å². The zero-order valence-corrected chi connectivity index (χ0v) is 7.21. The molecule has 1 atom stereocenters. The molecule has 0 spiro atoms. The van der Waals surface area contributed by atoms with E-state index < -0.39 is 0 Å². The van der Waals surface area contributed by atoms with Gasteiger partial charge >= 0.3 is 0 Å². The molecule has 3 nitrogen and oxygen atoms in total. The SMILES string of the molecule is C=CCN(C)C(=O)C(C)CN. The van der Waals surface area contributed by atoms with Crippen LogP contribution in [0.1, 0.15) is 6.92 Å².